The summed E-state index contributed by atoms with van der Waals surface area (Å²) in [5.74, 6) is -0.122. The van der Waals surface area contributed by atoms with Crippen molar-refractivity contribution >= 4 is 23.4 Å². The van der Waals surface area contributed by atoms with Gasteiger partial charge < -0.3 is 5.32 Å². The quantitative estimate of drug-likeness (QED) is 0.365. The molecule has 1 heterocycles. The Bertz CT molecular complexity index is 1250. The molecule has 0 aliphatic rings. The molecule has 180 valence electrons. The average Bonchev–Trinajstić information content (AvgIpc) is 2.77. The fraction of sp³-hybridized carbons (Fsp3) is 0.393. The van der Waals surface area contributed by atoms with Gasteiger partial charge in [-0.15, -0.1) is 0 Å². The van der Waals surface area contributed by atoms with Gasteiger partial charge in [0.15, 0.2) is 5.16 Å². The monoisotopic (exact) mass is 477 g/mol. The van der Waals surface area contributed by atoms with Crippen LogP contribution in [0.4, 0.5) is 5.69 Å². The van der Waals surface area contributed by atoms with Crippen molar-refractivity contribution < 1.29 is 4.79 Å². The second-order valence-electron chi connectivity index (χ2n) is 9.99. The van der Waals surface area contributed by atoms with Gasteiger partial charge in [0.05, 0.1) is 5.25 Å². The zero-order valence-corrected chi connectivity index (χ0v) is 22.3. The van der Waals surface area contributed by atoms with Crippen LogP contribution in [0, 0.1) is 20.8 Å². The van der Waals surface area contributed by atoms with E-state index in [1.165, 1.54) is 22.9 Å². The molecular formula is C28H35N3O2S. The zero-order chi connectivity index (χ0) is 25.2. The molecule has 0 spiro atoms. The van der Waals surface area contributed by atoms with Crippen LogP contribution >= 0.6 is 11.8 Å². The van der Waals surface area contributed by atoms with E-state index in [0.717, 1.165) is 16.8 Å². The van der Waals surface area contributed by atoms with Crippen molar-refractivity contribution in [3.63, 3.8) is 0 Å². The predicted molar refractivity (Wildman–Crippen MR) is 142 cm³/mol. The number of hydrogen-bond donors (Lipinski definition) is 1. The van der Waals surface area contributed by atoms with Crippen LogP contribution in [-0.2, 0) is 23.7 Å². The average molecular weight is 478 g/mol. The minimum Gasteiger partial charge on any atom is -0.325 e. The lowest BCUT2D eigenvalue weighted by Crippen LogP contribution is -2.28. The van der Waals surface area contributed by atoms with Crippen molar-refractivity contribution in [1.29, 1.82) is 0 Å². The van der Waals surface area contributed by atoms with E-state index in [-0.39, 0.29) is 16.9 Å². The van der Waals surface area contributed by atoms with Crippen molar-refractivity contribution in [3.8, 4) is 0 Å². The van der Waals surface area contributed by atoms with Gasteiger partial charge in [-0.05, 0) is 67.5 Å². The summed E-state index contributed by atoms with van der Waals surface area (Å²) in [6.07, 6.45) is 0.531. The van der Waals surface area contributed by atoms with E-state index in [1.807, 2.05) is 45.9 Å². The van der Waals surface area contributed by atoms with Crippen molar-refractivity contribution in [2.24, 2.45) is 7.05 Å². The summed E-state index contributed by atoms with van der Waals surface area (Å²) in [6, 6.07) is 14.3. The van der Waals surface area contributed by atoms with Crippen molar-refractivity contribution in [3.05, 3.63) is 86.3 Å². The number of nitrogens with one attached hydrogen (secondary N) is 1. The van der Waals surface area contributed by atoms with Gasteiger partial charge in [-0.1, -0.05) is 62.9 Å². The number of carbonyl (C=O) groups excluding carboxylic acids is 1. The van der Waals surface area contributed by atoms with Gasteiger partial charge in [-0.25, -0.2) is 4.98 Å². The molecule has 0 saturated heterocycles. The van der Waals surface area contributed by atoms with Crippen LogP contribution in [0.2, 0.25) is 0 Å². The third kappa shape index (κ3) is 5.98. The summed E-state index contributed by atoms with van der Waals surface area (Å²) in [5.41, 5.74) is 6.82. The van der Waals surface area contributed by atoms with Crippen molar-refractivity contribution in [1.82, 2.24) is 9.55 Å². The number of nitrogens with zero attached hydrogens (tertiary/aromatic N) is 2. The predicted octanol–water partition coefficient (Wildman–Crippen LogP) is 5.71. The topological polar surface area (TPSA) is 64.0 Å². The minimum atomic E-state index is -0.407. The molecule has 0 aliphatic carbocycles. The lowest BCUT2D eigenvalue weighted by atomic mass is 9.86. The van der Waals surface area contributed by atoms with Crippen LogP contribution in [0.15, 0.2) is 52.4 Å². The van der Waals surface area contributed by atoms with E-state index < -0.39 is 5.25 Å². The van der Waals surface area contributed by atoms with E-state index in [9.17, 15) is 9.59 Å². The highest BCUT2D eigenvalue weighted by atomic mass is 32.2. The number of anilines is 1. The Balaban J connectivity index is 1.75. The van der Waals surface area contributed by atoms with Crippen LogP contribution < -0.4 is 10.9 Å². The van der Waals surface area contributed by atoms with Crippen molar-refractivity contribution in [2.45, 2.75) is 70.7 Å². The summed E-state index contributed by atoms with van der Waals surface area (Å²) < 4.78 is 1.55. The van der Waals surface area contributed by atoms with Gasteiger partial charge in [0, 0.05) is 30.4 Å². The molecule has 1 amide bonds. The molecule has 0 fully saturated rings. The molecule has 1 aromatic heterocycles. The first-order valence-corrected chi connectivity index (χ1v) is 12.5. The molecule has 3 rings (SSSR count). The molecular weight excluding hydrogens is 442 g/mol. The molecule has 0 aliphatic heterocycles. The van der Waals surface area contributed by atoms with E-state index in [4.69, 9.17) is 0 Å². The molecule has 0 saturated carbocycles. The van der Waals surface area contributed by atoms with Crippen LogP contribution in [-0.4, -0.2) is 20.7 Å². The molecule has 5 nitrogen and oxygen atoms in total. The Hall–Kier alpha value is -2.86. The SMILES string of the molecule is Cc1ccc(NC(=O)C(C)Sc2nc(C)c(Cc3ccc(C(C)(C)C)cc3)c(=O)n2C)cc1C. The number of carbonyl (C=O) groups is 1. The van der Waals surface area contributed by atoms with Crippen LogP contribution in [0.1, 0.15) is 61.2 Å². The highest BCUT2D eigenvalue weighted by molar-refractivity contribution is 8.00. The first-order valence-electron chi connectivity index (χ1n) is 11.6. The van der Waals surface area contributed by atoms with E-state index >= 15 is 0 Å². The summed E-state index contributed by atoms with van der Waals surface area (Å²) >= 11 is 1.29. The Morgan fingerprint density at radius 3 is 2.29 bits per heavy atom. The maximum absolute atomic E-state index is 13.2. The summed E-state index contributed by atoms with van der Waals surface area (Å²) in [5, 5.41) is 3.09. The zero-order valence-electron chi connectivity index (χ0n) is 21.4. The second-order valence-corrected chi connectivity index (χ2v) is 11.3. The fourth-order valence-corrected chi connectivity index (χ4v) is 4.55. The highest BCUT2D eigenvalue weighted by Gasteiger charge is 2.20. The lowest BCUT2D eigenvalue weighted by molar-refractivity contribution is -0.115. The third-order valence-electron chi connectivity index (χ3n) is 6.18. The number of aryl methyl sites for hydroxylation is 3. The molecule has 2 aromatic carbocycles. The third-order valence-corrected chi connectivity index (χ3v) is 7.32. The number of hydrogen-bond acceptors (Lipinski definition) is 4. The highest BCUT2D eigenvalue weighted by Crippen LogP contribution is 2.25. The number of thioether (sulfide) groups is 1. The van der Waals surface area contributed by atoms with Crippen LogP contribution in [0.5, 0.6) is 0 Å². The first-order chi connectivity index (χ1) is 15.9. The molecule has 0 radical (unpaired) electrons. The minimum absolute atomic E-state index is 0.0725. The lowest BCUT2D eigenvalue weighted by Gasteiger charge is -2.19. The summed E-state index contributed by atoms with van der Waals surface area (Å²) in [7, 11) is 1.72. The largest absolute Gasteiger partial charge is 0.325 e. The molecule has 6 heteroatoms. The Kier molecular flexibility index (Phi) is 7.71. The molecule has 34 heavy (non-hydrogen) atoms. The maximum atomic E-state index is 13.2. The second kappa shape index (κ2) is 10.2. The van der Waals surface area contributed by atoms with Gasteiger partial charge in [0.2, 0.25) is 5.91 Å². The fourth-order valence-electron chi connectivity index (χ4n) is 3.64. The summed E-state index contributed by atoms with van der Waals surface area (Å²) in [4.78, 5) is 30.6. The number of benzene rings is 2. The van der Waals surface area contributed by atoms with Crippen LogP contribution in [0.25, 0.3) is 0 Å². The first kappa shape index (κ1) is 25.8. The molecule has 0 bridgehead atoms. The molecule has 1 unspecified atom stereocenters. The molecule has 3 aromatic rings. The Labute approximate surface area is 207 Å². The van der Waals surface area contributed by atoms with E-state index in [1.54, 1.807) is 11.6 Å². The van der Waals surface area contributed by atoms with Gasteiger partial charge in [-0.3, -0.25) is 14.2 Å². The maximum Gasteiger partial charge on any atom is 0.257 e. The standard InChI is InChI=1S/C28H35N3O2S/c1-17-9-14-23(15-18(17)2)30-25(32)20(4)34-27-29-19(3)24(26(33)31(27)8)16-21-10-12-22(13-11-21)28(5,6)7/h9-15,20H,16H2,1-8H3,(H,30,32). The van der Waals surface area contributed by atoms with Gasteiger partial charge in [-0.2, -0.15) is 0 Å². The summed E-state index contributed by atoms with van der Waals surface area (Å²) in [6.45, 7) is 14.3. The molecule has 1 N–H and O–H groups in total. The number of aromatic nitrogens is 2. The smallest absolute Gasteiger partial charge is 0.257 e. The van der Waals surface area contributed by atoms with E-state index in [0.29, 0.717) is 22.8 Å². The Morgan fingerprint density at radius 2 is 1.71 bits per heavy atom. The molecule has 1 atom stereocenters. The normalized spacial score (nSPS) is 12.5. The van der Waals surface area contributed by atoms with Crippen molar-refractivity contribution in [2.75, 3.05) is 5.32 Å². The van der Waals surface area contributed by atoms with Crippen LogP contribution in [0.3, 0.4) is 0 Å². The van der Waals surface area contributed by atoms with Gasteiger partial charge in [0.25, 0.3) is 5.56 Å². The van der Waals surface area contributed by atoms with E-state index in [2.05, 4.69) is 55.3 Å². The number of rotatable bonds is 6. The Morgan fingerprint density at radius 1 is 1.06 bits per heavy atom. The van der Waals surface area contributed by atoms with Gasteiger partial charge >= 0.3 is 0 Å². The number of amides is 1. The van der Waals surface area contributed by atoms with Gasteiger partial charge in [0.1, 0.15) is 0 Å².